The monoisotopic (exact) mass is 238 g/mol. The molecule has 17 heavy (non-hydrogen) atoms. The minimum absolute atomic E-state index is 0.353. The second-order valence-electron chi connectivity index (χ2n) is 4.23. The zero-order valence-electron chi connectivity index (χ0n) is 10.1. The van der Waals surface area contributed by atoms with E-state index in [9.17, 15) is 4.79 Å². The lowest BCUT2D eigenvalue weighted by molar-refractivity contribution is 0.0373. The van der Waals surface area contributed by atoms with Crippen LogP contribution in [0.3, 0.4) is 0 Å². The van der Waals surface area contributed by atoms with Gasteiger partial charge in [-0.1, -0.05) is 0 Å². The van der Waals surface area contributed by atoms with Crippen molar-refractivity contribution in [1.82, 2.24) is 9.88 Å². The molecule has 1 aliphatic rings. The van der Waals surface area contributed by atoms with Gasteiger partial charge in [0, 0.05) is 19.5 Å². The van der Waals surface area contributed by atoms with E-state index in [1.165, 1.54) is 0 Å². The van der Waals surface area contributed by atoms with Crippen LogP contribution >= 0.6 is 0 Å². The average molecular weight is 238 g/mol. The Morgan fingerprint density at radius 2 is 2.18 bits per heavy atom. The number of aryl methyl sites for hydroxylation is 2. The molecule has 1 aromatic rings. The first-order chi connectivity index (χ1) is 8.29. The first-order valence-corrected chi connectivity index (χ1v) is 6.01. The molecule has 94 valence electrons. The number of aldehydes is 1. The lowest BCUT2D eigenvalue weighted by Gasteiger charge is -2.26. The van der Waals surface area contributed by atoms with Crippen LogP contribution in [0.15, 0.2) is 4.42 Å². The summed E-state index contributed by atoms with van der Waals surface area (Å²) in [5, 5.41) is 0. The molecular formula is C12H18N2O3. The summed E-state index contributed by atoms with van der Waals surface area (Å²) in [6, 6.07) is 0. The largest absolute Gasteiger partial charge is 0.438 e. The highest BCUT2D eigenvalue weighted by atomic mass is 16.5. The fourth-order valence-corrected chi connectivity index (χ4v) is 1.96. The van der Waals surface area contributed by atoms with Crippen molar-refractivity contribution in [2.45, 2.75) is 19.8 Å². The maximum absolute atomic E-state index is 10.6. The number of rotatable bonds is 5. The van der Waals surface area contributed by atoms with Crippen LogP contribution in [0, 0.1) is 6.92 Å². The van der Waals surface area contributed by atoms with Gasteiger partial charge in [-0.2, -0.15) is 0 Å². The Labute approximate surface area is 101 Å². The van der Waals surface area contributed by atoms with E-state index in [1.54, 1.807) is 6.92 Å². The van der Waals surface area contributed by atoms with Gasteiger partial charge in [0.1, 0.15) is 0 Å². The Bertz CT molecular complexity index is 370. The van der Waals surface area contributed by atoms with Crippen LogP contribution in [0.25, 0.3) is 0 Å². The molecule has 0 unspecified atom stereocenters. The van der Waals surface area contributed by atoms with E-state index in [2.05, 4.69) is 9.88 Å². The Kier molecular flexibility index (Phi) is 4.28. The molecule has 5 nitrogen and oxygen atoms in total. The fraction of sp³-hybridized carbons (Fsp3) is 0.667. The lowest BCUT2D eigenvalue weighted by Crippen LogP contribution is -2.36. The smallest absolute Gasteiger partial charge is 0.195 e. The van der Waals surface area contributed by atoms with Crippen LogP contribution in [0.5, 0.6) is 0 Å². The molecular weight excluding hydrogens is 220 g/mol. The van der Waals surface area contributed by atoms with E-state index in [-0.39, 0.29) is 0 Å². The summed E-state index contributed by atoms with van der Waals surface area (Å²) in [4.78, 5) is 17.2. The first-order valence-electron chi connectivity index (χ1n) is 6.01. The molecule has 0 atom stereocenters. The van der Waals surface area contributed by atoms with Crippen LogP contribution in [-0.2, 0) is 11.2 Å². The Morgan fingerprint density at radius 1 is 1.41 bits per heavy atom. The second-order valence-corrected chi connectivity index (χ2v) is 4.23. The molecule has 1 aliphatic heterocycles. The predicted molar refractivity (Wildman–Crippen MR) is 62.2 cm³/mol. The number of hydrogen-bond acceptors (Lipinski definition) is 5. The molecule has 5 heteroatoms. The van der Waals surface area contributed by atoms with E-state index in [1.807, 2.05) is 0 Å². The molecule has 0 radical (unpaired) electrons. The summed E-state index contributed by atoms with van der Waals surface area (Å²) >= 11 is 0. The van der Waals surface area contributed by atoms with Crippen molar-refractivity contribution in [3.8, 4) is 0 Å². The van der Waals surface area contributed by atoms with E-state index in [0.717, 1.165) is 45.7 Å². The third kappa shape index (κ3) is 3.38. The van der Waals surface area contributed by atoms with Gasteiger partial charge < -0.3 is 9.15 Å². The number of morpholine rings is 1. The van der Waals surface area contributed by atoms with Gasteiger partial charge in [0.2, 0.25) is 0 Å². The molecule has 1 saturated heterocycles. The van der Waals surface area contributed by atoms with Gasteiger partial charge in [-0.15, -0.1) is 0 Å². The quantitative estimate of drug-likeness (QED) is 0.718. The number of oxazole rings is 1. The summed E-state index contributed by atoms with van der Waals surface area (Å²) in [6.07, 6.45) is 2.50. The highest BCUT2D eigenvalue weighted by molar-refractivity contribution is 5.71. The number of aromatic nitrogens is 1. The van der Waals surface area contributed by atoms with E-state index < -0.39 is 0 Å². The van der Waals surface area contributed by atoms with Gasteiger partial charge in [0.25, 0.3) is 0 Å². The summed E-state index contributed by atoms with van der Waals surface area (Å²) in [5.74, 6) is 1.02. The standard InChI is InChI=1S/C12H18N2O3/c1-10-11(9-15)17-12(13-10)3-2-4-14-5-7-16-8-6-14/h9H,2-8H2,1H3. The van der Waals surface area contributed by atoms with Gasteiger partial charge >= 0.3 is 0 Å². The fourth-order valence-electron chi connectivity index (χ4n) is 1.96. The van der Waals surface area contributed by atoms with Crippen LogP contribution < -0.4 is 0 Å². The molecule has 1 aromatic heterocycles. The van der Waals surface area contributed by atoms with Crippen LogP contribution in [0.4, 0.5) is 0 Å². The Hall–Kier alpha value is -1.20. The second kappa shape index (κ2) is 5.93. The number of carbonyl (C=O) groups excluding carboxylic acids is 1. The minimum Gasteiger partial charge on any atom is -0.438 e. The van der Waals surface area contributed by atoms with E-state index >= 15 is 0 Å². The summed E-state index contributed by atoms with van der Waals surface area (Å²) in [5.41, 5.74) is 0.682. The van der Waals surface area contributed by atoms with E-state index in [0.29, 0.717) is 23.6 Å². The van der Waals surface area contributed by atoms with Crippen molar-refractivity contribution in [2.24, 2.45) is 0 Å². The number of nitrogens with zero attached hydrogens (tertiary/aromatic N) is 2. The molecule has 0 spiro atoms. The topological polar surface area (TPSA) is 55.6 Å². The van der Waals surface area contributed by atoms with Crippen LogP contribution in [0.2, 0.25) is 0 Å². The minimum atomic E-state index is 0.353. The maximum Gasteiger partial charge on any atom is 0.195 e. The Balaban J connectivity index is 1.75. The van der Waals surface area contributed by atoms with Crippen molar-refractivity contribution in [3.63, 3.8) is 0 Å². The summed E-state index contributed by atoms with van der Waals surface area (Å²) < 4.78 is 10.6. The van der Waals surface area contributed by atoms with Gasteiger partial charge in [-0.3, -0.25) is 9.69 Å². The lowest BCUT2D eigenvalue weighted by atomic mass is 10.3. The maximum atomic E-state index is 10.6. The van der Waals surface area contributed by atoms with Crippen molar-refractivity contribution in [3.05, 3.63) is 17.3 Å². The molecule has 1 fully saturated rings. The molecule has 0 amide bonds. The molecule has 0 aliphatic carbocycles. The zero-order chi connectivity index (χ0) is 12.1. The van der Waals surface area contributed by atoms with Gasteiger partial charge in [-0.25, -0.2) is 4.98 Å². The molecule has 2 rings (SSSR count). The van der Waals surface area contributed by atoms with Gasteiger partial charge in [0.15, 0.2) is 17.9 Å². The first kappa shape index (κ1) is 12.3. The third-order valence-electron chi connectivity index (χ3n) is 2.95. The van der Waals surface area contributed by atoms with Crippen LogP contribution in [-0.4, -0.2) is 49.0 Å². The van der Waals surface area contributed by atoms with Crippen molar-refractivity contribution in [2.75, 3.05) is 32.8 Å². The molecule has 0 saturated carbocycles. The zero-order valence-corrected chi connectivity index (χ0v) is 10.1. The van der Waals surface area contributed by atoms with Gasteiger partial charge in [-0.05, 0) is 19.9 Å². The predicted octanol–water partition coefficient (Wildman–Crippen LogP) is 1.06. The molecule has 0 N–H and O–H groups in total. The van der Waals surface area contributed by atoms with Crippen LogP contribution in [0.1, 0.15) is 28.6 Å². The number of carbonyl (C=O) groups is 1. The summed E-state index contributed by atoms with van der Waals surface area (Å²) in [6.45, 7) is 6.48. The highest BCUT2D eigenvalue weighted by Crippen LogP contribution is 2.10. The number of ether oxygens (including phenoxy) is 1. The summed E-state index contributed by atoms with van der Waals surface area (Å²) in [7, 11) is 0. The molecule has 0 aromatic carbocycles. The van der Waals surface area contributed by atoms with Crippen molar-refractivity contribution < 1.29 is 13.9 Å². The Morgan fingerprint density at radius 3 is 2.82 bits per heavy atom. The van der Waals surface area contributed by atoms with Crippen molar-refractivity contribution >= 4 is 6.29 Å². The molecule has 2 heterocycles. The average Bonchev–Trinajstić information content (AvgIpc) is 2.71. The molecule has 0 bridgehead atoms. The van der Waals surface area contributed by atoms with Crippen molar-refractivity contribution in [1.29, 1.82) is 0 Å². The third-order valence-corrected chi connectivity index (χ3v) is 2.95. The van der Waals surface area contributed by atoms with Gasteiger partial charge in [0.05, 0.1) is 18.9 Å². The normalized spacial score (nSPS) is 17.2. The highest BCUT2D eigenvalue weighted by Gasteiger charge is 2.11. The number of hydrogen-bond donors (Lipinski definition) is 0. The van der Waals surface area contributed by atoms with E-state index in [4.69, 9.17) is 9.15 Å². The SMILES string of the molecule is Cc1nc(CCCN2CCOCC2)oc1C=O.